The molecule has 1 saturated heterocycles. The molecule has 0 aliphatic carbocycles. The van der Waals surface area contributed by atoms with Crippen LogP contribution < -0.4 is 10.1 Å². The summed E-state index contributed by atoms with van der Waals surface area (Å²) in [4.78, 5) is 28.4. The van der Waals surface area contributed by atoms with Gasteiger partial charge in [0.1, 0.15) is 12.4 Å². The number of fused-ring (bicyclic) bond motifs is 2. The first-order valence-electron chi connectivity index (χ1n) is 12.3. The predicted octanol–water partition coefficient (Wildman–Crippen LogP) is 3.90. The summed E-state index contributed by atoms with van der Waals surface area (Å²) in [6.07, 6.45) is 0.970. The molecular formula is C29H29N3O3. The number of imide groups is 1. The van der Waals surface area contributed by atoms with Crippen molar-refractivity contribution in [2.75, 3.05) is 0 Å². The first-order chi connectivity index (χ1) is 17.1. The van der Waals surface area contributed by atoms with Gasteiger partial charge in [0.05, 0.1) is 6.04 Å². The molecule has 35 heavy (non-hydrogen) atoms. The summed E-state index contributed by atoms with van der Waals surface area (Å²) in [5, 5.41) is 2.47. The van der Waals surface area contributed by atoms with Crippen LogP contribution in [0.25, 0.3) is 0 Å². The van der Waals surface area contributed by atoms with E-state index in [1.165, 1.54) is 22.3 Å². The smallest absolute Gasteiger partial charge is 0.243 e. The third kappa shape index (κ3) is 4.59. The van der Waals surface area contributed by atoms with Crippen molar-refractivity contribution in [3.05, 3.63) is 100 Å². The molecule has 1 unspecified atom stereocenters. The Labute approximate surface area is 205 Å². The van der Waals surface area contributed by atoms with Crippen molar-refractivity contribution in [2.24, 2.45) is 0 Å². The van der Waals surface area contributed by atoms with E-state index in [-0.39, 0.29) is 17.9 Å². The third-order valence-corrected chi connectivity index (χ3v) is 7.35. The second kappa shape index (κ2) is 9.29. The molecule has 6 heteroatoms. The SMILES string of the molecule is O=C1CCC(N2Cc3cccc(OCc4ccc(CN5Cc6ccccc6C5)cc4)c3C2)C(=O)N1. The molecule has 1 atom stereocenters. The van der Waals surface area contributed by atoms with E-state index in [2.05, 4.69) is 69.7 Å². The maximum atomic E-state index is 12.3. The molecule has 0 bridgehead atoms. The van der Waals surface area contributed by atoms with E-state index in [0.717, 1.165) is 36.5 Å². The highest BCUT2D eigenvalue weighted by molar-refractivity contribution is 6.00. The third-order valence-electron chi connectivity index (χ3n) is 7.35. The highest BCUT2D eigenvalue weighted by Gasteiger charge is 2.35. The average molecular weight is 468 g/mol. The molecule has 178 valence electrons. The lowest BCUT2D eigenvalue weighted by Gasteiger charge is -2.29. The Hall–Kier alpha value is -3.48. The Kier molecular flexibility index (Phi) is 5.84. The molecular weight excluding hydrogens is 438 g/mol. The van der Waals surface area contributed by atoms with Gasteiger partial charge in [-0.1, -0.05) is 60.7 Å². The van der Waals surface area contributed by atoms with Crippen LogP contribution in [0.1, 0.15) is 46.2 Å². The Morgan fingerprint density at radius 3 is 2.26 bits per heavy atom. The second-order valence-electron chi connectivity index (χ2n) is 9.78. The van der Waals surface area contributed by atoms with Crippen LogP contribution in [-0.2, 0) is 48.9 Å². The molecule has 3 aliphatic heterocycles. The summed E-state index contributed by atoms with van der Waals surface area (Å²) in [5.41, 5.74) is 7.64. The number of nitrogens with zero attached hydrogens (tertiary/aromatic N) is 2. The van der Waals surface area contributed by atoms with Gasteiger partial charge >= 0.3 is 0 Å². The lowest BCUT2D eigenvalue weighted by atomic mass is 10.0. The van der Waals surface area contributed by atoms with E-state index in [0.29, 0.717) is 32.5 Å². The molecule has 0 radical (unpaired) electrons. The number of nitrogens with one attached hydrogen (secondary N) is 1. The molecule has 2 amide bonds. The Morgan fingerprint density at radius 2 is 1.51 bits per heavy atom. The van der Waals surface area contributed by atoms with Crippen molar-refractivity contribution < 1.29 is 14.3 Å². The largest absolute Gasteiger partial charge is 0.489 e. The number of hydrogen-bond acceptors (Lipinski definition) is 5. The molecule has 3 heterocycles. The minimum absolute atomic E-state index is 0.177. The number of hydrogen-bond donors (Lipinski definition) is 1. The summed E-state index contributed by atoms with van der Waals surface area (Å²) in [7, 11) is 0. The van der Waals surface area contributed by atoms with E-state index >= 15 is 0 Å². The monoisotopic (exact) mass is 467 g/mol. The fourth-order valence-electron chi connectivity index (χ4n) is 5.48. The molecule has 3 aromatic carbocycles. The quantitative estimate of drug-likeness (QED) is 0.557. The first-order valence-corrected chi connectivity index (χ1v) is 12.3. The van der Waals surface area contributed by atoms with Gasteiger partial charge < -0.3 is 4.74 Å². The van der Waals surface area contributed by atoms with Crippen LogP contribution in [-0.4, -0.2) is 27.7 Å². The maximum Gasteiger partial charge on any atom is 0.243 e. The summed E-state index contributed by atoms with van der Waals surface area (Å²) >= 11 is 0. The van der Waals surface area contributed by atoms with Crippen molar-refractivity contribution >= 4 is 11.8 Å². The topological polar surface area (TPSA) is 61.9 Å². The van der Waals surface area contributed by atoms with Crippen LogP contribution in [0, 0.1) is 0 Å². The molecule has 0 spiro atoms. The molecule has 3 aromatic rings. The van der Waals surface area contributed by atoms with Gasteiger partial charge in [0, 0.05) is 44.7 Å². The molecule has 6 rings (SSSR count). The van der Waals surface area contributed by atoms with Crippen LogP contribution in [0.2, 0.25) is 0 Å². The van der Waals surface area contributed by atoms with Crippen LogP contribution in [0.3, 0.4) is 0 Å². The van der Waals surface area contributed by atoms with Gasteiger partial charge in [0.15, 0.2) is 0 Å². The molecule has 1 N–H and O–H groups in total. The van der Waals surface area contributed by atoms with Gasteiger partial charge in [0.25, 0.3) is 0 Å². The highest BCUT2D eigenvalue weighted by Crippen LogP contribution is 2.34. The molecule has 0 saturated carbocycles. The Balaban J connectivity index is 1.06. The standard InChI is InChI=1S/C29H29N3O3/c33-28-13-12-26(29(34)30-28)32-17-24-6-3-7-27(25(24)18-32)35-19-21-10-8-20(9-11-21)14-31-15-22-4-1-2-5-23(22)16-31/h1-11,26H,12-19H2,(H,30,33,34). The summed E-state index contributed by atoms with van der Waals surface area (Å²) in [5.74, 6) is 0.508. The van der Waals surface area contributed by atoms with Crippen molar-refractivity contribution in [1.29, 1.82) is 0 Å². The molecule has 6 nitrogen and oxygen atoms in total. The van der Waals surface area contributed by atoms with Crippen LogP contribution >= 0.6 is 0 Å². The van der Waals surface area contributed by atoms with Gasteiger partial charge in [-0.25, -0.2) is 0 Å². The fraction of sp³-hybridized carbons (Fsp3) is 0.310. The summed E-state index contributed by atoms with van der Waals surface area (Å²) < 4.78 is 6.24. The summed E-state index contributed by atoms with van der Waals surface area (Å²) in [6, 6.07) is 23.2. The van der Waals surface area contributed by atoms with Gasteiger partial charge in [-0.2, -0.15) is 0 Å². The van der Waals surface area contributed by atoms with Crippen LogP contribution in [0.15, 0.2) is 66.7 Å². The number of carbonyl (C=O) groups excluding carboxylic acids is 2. The number of benzene rings is 3. The first kappa shape index (κ1) is 22.0. The van der Waals surface area contributed by atoms with E-state index in [4.69, 9.17) is 4.74 Å². The van der Waals surface area contributed by atoms with Crippen LogP contribution in [0.5, 0.6) is 5.75 Å². The van der Waals surface area contributed by atoms with Gasteiger partial charge in [-0.05, 0) is 40.3 Å². The lowest BCUT2D eigenvalue weighted by molar-refractivity contribution is -0.137. The Bertz CT molecular complexity index is 1250. The highest BCUT2D eigenvalue weighted by atomic mass is 16.5. The zero-order valence-corrected chi connectivity index (χ0v) is 19.7. The van der Waals surface area contributed by atoms with E-state index < -0.39 is 0 Å². The number of piperidine rings is 1. The van der Waals surface area contributed by atoms with Crippen molar-refractivity contribution in [3.8, 4) is 5.75 Å². The minimum atomic E-state index is -0.260. The number of carbonyl (C=O) groups is 2. The normalized spacial score (nSPS) is 19.9. The zero-order chi connectivity index (χ0) is 23.8. The van der Waals surface area contributed by atoms with E-state index in [1.807, 2.05) is 12.1 Å². The number of rotatable bonds is 6. The van der Waals surface area contributed by atoms with E-state index in [9.17, 15) is 9.59 Å². The Morgan fingerprint density at radius 1 is 0.800 bits per heavy atom. The predicted molar refractivity (Wildman–Crippen MR) is 132 cm³/mol. The minimum Gasteiger partial charge on any atom is -0.489 e. The lowest BCUT2D eigenvalue weighted by Crippen LogP contribution is -2.50. The van der Waals surface area contributed by atoms with E-state index in [1.54, 1.807) is 0 Å². The number of ether oxygens (including phenoxy) is 1. The van der Waals surface area contributed by atoms with Gasteiger partial charge in [-0.15, -0.1) is 0 Å². The van der Waals surface area contributed by atoms with Crippen LogP contribution in [0.4, 0.5) is 0 Å². The second-order valence-corrected chi connectivity index (χ2v) is 9.78. The van der Waals surface area contributed by atoms with Gasteiger partial charge in [0.2, 0.25) is 11.8 Å². The zero-order valence-electron chi connectivity index (χ0n) is 19.7. The van der Waals surface area contributed by atoms with Crippen molar-refractivity contribution in [3.63, 3.8) is 0 Å². The number of amides is 2. The fourth-order valence-corrected chi connectivity index (χ4v) is 5.48. The molecule has 0 aromatic heterocycles. The maximum absolute atomic E-state index is 12.3. The van der Waals surface area contributed by atoms with Gasteiger partial charge in [-0.3, -0.25) is 24.7 Å². The van der Waals surface area contributed by atoms with Crippen molar-refractivity contribution in [2.45, 2.75) is 58.2 Å². The molecule has 3 aliphatic rings. The van der Waals surface area contributed by atoms with Crippen molar-refractivity contribution in [1.82, 2.24) is 15.1 Å². The summed E-state index contributed by atoms with van der Waals surface area (Å²) in [6.45, 7) is 4.83. The average Bonchev–Trinajstić information content (AvgIpc) is 3.47. The molecule has 1 fully saturated rings.